The van der Waals surface area contributed by atoms with Crippen LogP contribution in [-0.2, 0) is 16.1 Å². The van der Waals surface area contributed by atoms with E-state index in [4.69, 9.17) is 9.15 Å². The Morgan fingerprint density at radius 2 is 2.04 bits per heavy atom. The van der Waals surface area contributed by atoms with Crippen LogP contribution in [0.25, 0.3) is 6.08 Å². The van der Waals surface area contributed by atoms with Crippen molar-refractivity contribution in [1.29, 1.82) is 0 Å². The molecule has 1 aromatic heterocycles. The van der Waals surface area contributed by atoms with Crippen molar-refractivity contribution in [3.05, 3.63) is 56.8 Å². The third-order valence-electron chi connectivity index (χ3n) is 3.71. The summed E-state index contributed by atoms with van der Waals surface area (Å²) in [4.78, 5) is 37.6. The minimum absolute atomic E-state index is 0.0121. The van der Waals surface area contributed by atoms with Crippen LogP contribution in [0.15, 0.2) is 44.1 Å². The molecule has 2 amide bonds. The standard InChI is InChI=1S/C18H14BrNO6S/c1-24-13-5-3-10(7-12(13)19)8-15-16(21)20(18(23)27-15)9-11-4-6-14(26-11)17(22)25-2/h3-8H,9H2,1-2H3/b15-8+. The largest absolute Gasteiger partial charge is 0.496 e. The van der Waals surface area contributed by atoms with Crippen molar-refractivity contribution < 1.29 is 28.3 Å². The summed E-state index contributed by atoms with van der Waals surface area (Å²) in [7, 11) is 2.80. The van der Waals surface area contributed by atoms with E-state index in [2.05, 4.69) is 20.7 Å². The molecule has 0 atom stereocenters. The maximum absolute atomic E-state index is 12.6. The lowest BCUT2D eigenvalue weighted by Gasteiger charge is -2.10. The molecule has 0 N–H and O–H groups in total. The fourth-order valence-corrected chi connectivity index (χ4v) is 3.79. The van der Waals surface area contributed by atoms with Gasteiger partial charge in [0.05, 0.1) is 30.1 Å². The zero-order valence-corrected chi connectivity index (χ0v) is 16.8. The third-order valence-corrected chi connectivity index (χ3v) is 5.24. The Bertz CT molecular complexity index is 951. The molecule has 1 fully saturated rings. The van der Waals surface area contributed by atoms with Gasteiger partial charge in [0.25, 0.3) is 11.1 Å². The summed E-state index contributed by atoms with van der Waals surface area (Å²) in [5.74, 6) is -0.0583. The Balaban J connectivity index is 1.77. The number of hydrogen-bond donors (Lipinski definition) is 0. The molecular formula is C18H14BrNO6S. The zero-order valence-electron chi connectivity index (χ0n) is 14.4. The number of imide groups is 1. The molecule has 2 aromatic rings. The van der Waals surface area contributed by atoms with Crippen molar-refractivity contribution >= 4 is 50.9 Å². The molecule has 0 bridgehead atoms. The van der Waals surface area contributed by atoms with Crippen LogP contribution in [-0.4, -0.2) is 36.2 Å². The number of amides is 2. The number of esters is 1. The second-order valence-electron chi connectivity index (χ2n) is 5.42. The van der Waals surface area contributed by atoms with Gasteiger partial charge in [-0.15, -0.1) is 0 Å². The summed E-state index contributed by atoms with van der Waals surface area (Å²) in [5.41, 5.74) is 0.749. The van der Waals surface area contributed by atoms with E-state index < -0.39 is 17.1 Å². The number of rotatable bonds is 5. The Morgan fingerprint density at radius 3 is 2.70 bits per heavy atom. The molecule has 1 aliphatic rings. The topological polar surface area (TPSA) is 86.0 Å². The first-order valence-corrected chi connectivity index (χ1v) is 9.30. The molecule has 27 heavy (non-hydrogen) atoms. The van der Waals surface area contributed by atoms with Crippen LogP contribution in [0.3, 0.4) is 0 Å². The molecule has 2 heterocycles. The van der Waals surface area contributed by atoms with E-state index in [0.29, 0.717) is 16.4 Å². The highest BCUT2D eigenvalue weighted by Crippen LogP contribution is 2.34. The average Bonchev–Trinajstić information content (AvgIpc) is 3.22. The maximum atomic E-state index is 12.6. The molecule has 0 spiro atoms. The summed E-state index contributed by atoms with van der Waals surface area (Å²) in [6.07, 6.45) is 1.64. The van der Waals surface area contributed by atoms with Gasteiger partial charge in [0.15, 0.2) is 0 Å². The Kier molecular flexibility index (Phi) is 5.71. The highest BCUT2D eigenvalue weighted by Gasteiger charge is 2.35. The first-order chi connectivity index (χ1) is 12.9. The van der Waals surface area contributed by atoms with Crippen molar-refractivity contribution in [3.8, 4) is 5.75 Å². The lowest BCUT2D eigenvalue weighted by atomic mass is 10.2. The van der Waals surface area contributed by atoms with Crippen molar-refractivity contribution in [2.75, 3.05) is 14.2 Å². The van der Waals surface area contributed by atoms with E-state index in [1.165, 1.54) is 19.2 Å². The molecule has 0 saturated carbocycles. The van der Waals surface area contributed by atoms with Gasteiger partial charge in [0.2, 0.25) is 5.76 Å². The Hall–Kier alpha value is -2.52. The molecule has 0 unspecified atom stereocenters. The van der Waals surface area contributed by atoms with Crippen molar-refractivity contribution in [2.24, 2.45) is 0 Å². The summed E-state index contributed by atoms with van der Waals surface area (Å²) in [6, 6.07) is 8.30. The van der Waals surface area contributed by atoms with Crippen LogP contribution in [0.2, 0.25) is 0 Å². The normalized spacial score (nSPS) is 15.5. The van der Waals surface area contributed by atoms with Gasteiger partial charge in [-0.05, 0) is 63.6 Å². The predicted molar refractivity (Wildman–Crippen MR) is 102 cm³/mol. The van der Waals surface area contributed by atoms with Gasteiger partial charge in [-0.2, -0.15) is 0 Å². The summed E-state index contributed by atoms with van der Waals surface area (Å²) < 4.78 is 15.8. The molecule has 140 valence electrons. The Labute approximate surface area is 167 Å². The van der Waals surface area contributed by atoms with Gasteiger partial charge in [0, 0.05) is 0 Å². The molecule has 1 saturated heterocycles. The first kappa shape index (κ1) is 19.2. The number of carbonyl (C=O) groups excluding carboxylic acids is 3. The van der Waals surface area contributed by atoms with Gasteiger partial charge < -0.3 is 13.9 Å². The van der Waals surface area contributed by atoms with E-state index in [1.807, 2.05) is 0 Å². The fraction of sp³-hybridized carbons (Fsp3) is 0.167. The van der Waals surface area contributed by atoms with Crippen molar-refractivity contribution in [3.63, 3.8) is 0 Å². The number of ether oxygens (including phenoxy) is 2. The summed E-state index contributed by atoms with van der Waals surface area (Å²) in [5, 5.41) is -0.408. The number of nitrogens with zero attached hydrogens (tertiary/aromatic N) is 1. The van der Waals surface area contributed by atoms with Gasteiger partial charge in [0.1, 0.15) is 11.5 Å². The lowest BCUT2D eigenvalue weighted by Crippen LogP contribution is -2.27. The van der Waals surface area contributed by atoms with E-state index in [0.717, 1.165) is 26.7 Å². The lowest BCUT2D eigenvalue weighted by molar-refractivity contribution is -0.123. The number of methoxy groups -OCH3 is 2. The van der Waals surface area contributed by atoms with E-state index in [9.17, 15) is 14.4 Å². The van der Waals surface area contributed by atoms with Crippen LogP contribution in [0.4, 0.5) is 4.79 Å². The third kappa shape index (κ3) is 4.09. The number of benzene rings is 1. The van der Waals surface area contributed by atoms with Gasteiger partial charge >= 0.3 is 5.97 Å². The number of halogens is 1. The fourth-order valence-electron chi connectivity index (χ4n) is 2.39. The summed E-state index contributed by atoms with van der Waals surface area (Å²) >= 11 is 4.23. The van der Waals surface area contributed by atoms with Gasteiger partial charge in [-0.1, -0.05) is 6.07 Å². The Morgan fingerprint density at radius 1 is 1.26 bits per heavy atom. The average molecular weight is 452 g/mol. The highest BCUT2D eigenvalue weighted by atomic mass is 79.9. The molecule has 1 aliphatic heterocycles. The second-order valence-corrected chi connectivity index (χ2v) is 7.27. The van der Waals surface area contributed by atoms with E-state index >= 15 is 0 Å². The molecule has 1 aromatic carbocycles. The van der Waals surface area contributed by atoms with Crippen molar-refractivity contribution in [2.45, 2.75) is 6.54 Å². The number of furan rings is 1. The molecule has 7 nitrogen and oxygen atoms in total. The molecule has 3 rings (SSSR count). The van der Waals surface area contributed by atoms with Gasteiger partial charge in [-0.3, -0.25) is 14.5 Å². The first-order valence-electron chi connectivity index (χ1n) is 7.69. The van der Waals surface area contributed by atoms with E-state index in [1.54, 1.807) is 31.4 Å². The minimum Gasteiger partial charge on any atom is -0.496 e. The van der Waals surface area contributed by atoms with Crippen LogP contribution < -0.4 is 4.74 Å². The monoisotopic (exact) mass is 451 g/mol. The predicted octanol–water partition coefficient (Wildman–Crippen LogP) is 4.07. The SMILES string of the molecule is COC(=O)c1ccc(CN2C(=O)S/C(=C/c3ccc(OC)c(Br)c3)C2=O)o1. The van der Waals surface area contributed by atoms with Crippen LogP contribution in [0, 0.1) is 0 Å². The number of hydrogen-bond acceptors (Lipinski definition) is 7. The van der Waals surface area contributed by atoms with Crippen LogP contribution >= 0.6 is 27.7 Å². The molecule has 0 radical (unpaired) electrons. The quantitative estimate of drug-likeness (QED) is 0.499. The molecule has 0 aliphatic carbocycles. The second kappa shape index (κ2) is 8.01. The van der Waals surface area contributed by atoms with E-state index in [-0.39, 0.29) is 12.3 Å². The highest BCUT2D eigenvalue weighted by molar-refractivity contribution is 9.10. The van der Waals surface area contributed by atoms with Crippen LogP contribution in [0.1, 0.15) is 21.9 Å². The number of thioether (sulfide) groups is 1. The summed E-state index contributed by atoms with van der Waals surface area (Å²) in [6.45, 7) is -0.0642. The minimum atomic E-state index is -0.625. The molecule has 9 heteroatoms. The smallest absolute Gasteiger partial charge is 0.373 e. The van der Waals surface area contributed by atoms with Crippen molar-refractivity contribution in [1.82, 2.24) is 4.90 Å². The maximum Gasteiger partial charge on any atom is 0.373 e. The van der Waals surface area contributed by atoms with Gasteiger partial charge in [-0.25, -0.2) is 4.79 Å². The zero-order chi connectivity index (χ0) is 19.6. The van der Waals surface area contributed by atoms with Crippen LogP contribution in [0.5, 0.6) is 5.75 Å². The number of carbonyl (C=O) groups is 3. The molecular weight excluding hydrogens is 438 g/mol.